The van der Waals surface area contributed by atoms with Gasteiger partial charge in [0.1, 0.15) is 11.6 Å². The van der Waals surface area contributed by atoms with Gasteiger partial charge in [-0.3, -0.25) is 4.79 Å². The third kappa shape index (κ3) is 3.06. The number of aromatic hydroxyl groups is 1. The molecule has 104 valence electrons. The Kier molecular flexibility index (Phi) is 4.08. The predicted octanol–water partition coefficient (Wildman–Crippen LogP) is 3.23. The van der Waals surface area contributed by atoms with E-state index in [9.17, 15) is 14.3 Å². The molecule has 0 aromatic heterocycles. The first-order valence-corrected chi connectivity index (χ1v) is 6.83. The Balaban J connectivity index is 2.03. The molecule has 1 amide bonds. The zero-order valence-corrected chi connectivity index (χ0v) is 11.2. The van der Waals surface area contributed by atoms with Crippen LogP contribution in [0.15, 0.2) is 18.2 Å². The van der Waals surface area contributed by atoms with Gasteiger partial charge in [0, 0.05) is 6.54 Å². The SMILES string of the molecule is CCC1(CNC(=O)c2cc(F)ccc2O)CCCC1. The smallest absolute Gasteiger partial charge is 0.255 e. The van der Waals surface area contributed by atoms with Crippen molar-refractivity contribution in [2.24, 2.45) is 5.41 Å². The summed E-state index contributed by atoms with van der Waals surface area (Å²) in [5.74, 6) is -1.11. The van der Waals surface area contributed by atoms with Crippen molar-refractivity contribution in [2.45, 2.75) is 39.0 Å². The zero-order valence-electron chi connectivity index (χ0n) is 11.2. The summed E-state index contributed by atoms with van der Waals surface area (Å²) in [4.78, 5) is 12.0. The molecule has 0 unspecified atom stereocenters. The minimum Gasteiger partial charge on any atom is -0.507 e. The molecule has 0 heterocycles. The Morgan fingerprint density at radius 2 is 2.11 bits per heavy atom. The number of halogens is 1. The van der Waals surface area contributed by atoms with E-state index in [0.29, 0.717) is 6.54 Å². The molecular weight excluding hydrogens is 245 g/mol. The summed E-state index contributed by atoms with van der Waals surface area (Å²) in [5, 5.41) is 12.4. The van der Waals surface area contributed by atoms with Crippen LogP contribution in [-0.2, 0) is 0 Å². The topological polar surface area (TPSA) is 49.3 Å². The highest BCUT2D eigenvalue weighted by molar-refractivity contribution is 5.96. The van der Waals surface area contributed by atoms with Crippen LogP contribution in [0.1, 0.15) is 49.4 Å². The average Bonchev–Trinajstić information content (AvgIpc) is 2.88. The average molecular weight is 265 g/mol. The fourth-order valence-electron chi connectivity index (χ4n) is 2.83. The second-order valence-corrected chi connectivity index (χ2v) is 5.40. The maximum absolute atomic E-state index is 13.1. The Bertz CT molecular complexity index is 467. The molecule has 1 aliphatic rings. The molecule has 0 spiro atoms. The summed E-state index contributed by atoms with van der Waals surface area (Å²) in [6, 6.07) is 3.41. The van der Waals surface area contributed by atoms with Crippen LogP contribution in [0, 0.1) is 11.2 Å². The van der Waals surface area contributed by atoms with Crippen LogP contribution < -0.4 is 5.32 Å². The first-order chi connectivity index (χ1) is 9.06. The van der Waals surface area contributed by atoms with Gasteiger partial charge < -0.3 is 10.4 Å². The van der Waals surface area contributed by atoms with Gasteiger partial charge in [-0.25, -0.2) is 4.39 Å². The van der Waals surface area contributed by atoms with Gasteiger partial charge in [-0.2, -0.15) is 0 Å². The van der Waals surface area contributed by atoms with E-state index < -0.39 is 11.7 Å². The van der Waals surface area contributed by atoms with Crippen LogP contribution in [0.2, 0.25) is 0 Å². The van der Waals surface area contributed by atoms with E-state index in [0.717, 1.165) is 31.4 Å². The van der Waals surface area contributed by atoms with Crippen molar-refractivity contribution in [1.82, 2.24) is 5.32 Å². The minimum atomic E-state index is -0.519. The summed E-state index contributed by atoms with van der Waals surface area (Å²) >= 11 is 0. The first-order valence-electron chi connectivity index (χ1n) is 6.83. The number of nitrogens with one attached hydrogen (secondary N) is 1. The number of carbonyl (C=O) groups excluding carboxylic acids is 1. The number of hydrogen-bond acceptors (Lipinski definition) is 2. The van der Waals surface area contributed by atoms with Crippen LogP contribution in [0.3, 0.4) is 0 Å². The molecule has 4 heteroatoms. The van der Waals surface area contributed by atoms with E-state index in [1.165, 1.54) is 18.9 Å². The van der Waals surface area contributed by atoms with Crippen LogP contribution in [0.25, 0.3) is 0 Å². The van der Waals surface area contributed by atoms with Gasteiger partial charge in [0.25, 0.3) is 5.91 Å². The molecule has 19 heavy (non-hydrogen) atoms. The van der Waals surface area contributed by atoms with Crippen LogP contribution in [0.5, 0.6) is 5.75 Å². The van der Waals surface area contributed by atoms with Crippen molar-refractivity contribution in [3.05, 3.63) is 29.6 Å². The van der Waals surface area contributed by atoms with Crippen LogP contribution in [-0.4, -0.2) is 17.6 Å². The summed E-state index contributed by atoms with van der Waals surface area (Å²) in [7, 11) is 0. The molecule has 0 aliphatic heterocycles. The van der Waals surface area contributed by atoms with E-state index in [4.69, 9.17) is 0 Å². The fraction of sp³-hybridized carbons (Fsp3) is 0.533. The van der Waals surface area contributed by atoms with Gasteiger partial charge in [-0.15, -0.1) is 0 Å². The van der Waals surface area contributed by atoms with Crippen molar-refractivity contribution >= 4 is 5.91 Å². The first kappa shape index (κ1) is 13.8. The van der Waals surface area contributed by atoms with Gasteiger partial charge >= 0.3 is 0 Å². The van der Waals surface area contributed by atoms with Gasteiger partial charge in [-0.1, -0.05) is 19.8 Å². The summed E-state index contributed by atoms with van der Waals surface area (Å²) in [6.07, 6.45) is 5.68. The molecule has 0 atom stereocenters. The largest absolute Gasteiger partial charge is 0.507 e. The molecule has 0 bridgehead atoms. The summed E-state index contributed by atoms with van der Waals surface area (Å²) in [6.45, 7) is 2.73. The Morgan fingerprint density at radius 3 is 2.74 bits per heavy atom. The predicted molar refractivity (Wildman–Crippen MR) is 71.6 cm³/mol. The zero-order chi connectivity index (χ0) is 13.9. The highest BCUT2D eigenvalue weighted by Gasteiger charge is 2.32. The number of phenols is 1. The summed E-state index contributed by atoms with van der Waals surface area (Å²) in [5.41, 5.74) is 0.183. The molecule has 1 aromatic carbocycles. The Labute approximate surface area is 112 Å². The highest BCUT2D eigenvalue weighted by Crippen LogP contribution is 2.40. The normalized spacial score (nSPS) is 17.4. The molecule has 0 saturated heterocycles. The molecule has 1 saturated carbocycles. The molecular formula is C15H20FNO2. The number of hydrogen-bond donors (Lipinski definition) is 2. The molecule has 2 rings (SSSR count). The van der Waals surface area contributed by atoms with Gasteiger partial charge in [0.15, 0.2) is 0 Å². The van der Waals surface area contributed by atoms with E-state index >= 15 is 0 Å². The third-order valence-electron chi connectivity index (χ3n) is 4.24. The van der Waals surface area contributed by atoms with Crippen LogP contribution >= 0.6 is 0 Å². The second-order valence-electron chi connectivity index (χ2n) is 5.40. The number of carbonyl (C=O) groups is 1. The lowest BCUT2D eigenvalue weighted by Crippen LogP contribution is -2.35. The van der Waals surface area contributed by atoms with Crippen molar-refractivity contribution in [1.29, 1.82) is 0 Å². The quantitative estimate of drug-likeness (QED) is 0.878. The lowest BCUT2D eigenvalue weighted by atomic mass is 9.83. The standard InChI is InChI=1S/C15H20FNO2/c1-2-15(7-3-4-8-15)10-17-14(19)12-9-11(16)5-6-13(12)18/h5-6,9,18H,2-4,7-8,10H2,1H3,(H,17,19). The van der Waals surface area contributed by atoms with Gasteiger partial charge in [0.2, 0.25) is 0 Å². The molecule has 1 aliphatic carbocycles. The lowest BCUT2D eigenvalue weighted by Gasteiger charge is -2.27. The Morgan fingerprint density at radius 1 is 1.42 bits per heavy atom. The van der Waals surface area contributed by atoms with Crippen molar-refractivity contribution in [2.75, 3.05) is 6.54 Å². The van der Waals surface area contributed by atoms with Crippen molar-refractivity contribution in [3.8, 4) is 5.75 Å². The molecule has 1 fully saturated rings. The number of phenolic OH excluding ortho intramolecular Hbond substituents is 1. The molecule has 0 radical (unpaired) electrons. The summed E-state index contributed by atoms with van der Waals surface area (Å²) < 4.78 is 13.1. The van der Waals surface area contributed by atoms with Crippen molar-refractivity contribution < 1.29 is 14.3 Å². The highest BCUT2D eigenvalue weighted by atomic mass is 19.1. The second kappa shape index (κ2) is 5.59. The van der Waals surface area contributed by atoms with Crippen molar-refractivity contribution in [3.63, 3.8) is 0 Å². The number of amides is 1. The number of rotatable bonds is 4. The molecule has 2 N–H and O–H groups in total. The maximum atomic E-state index is 13.1. The minimum absolute atomic E-state index is 0.00394. The maximum Gasteiger partial charge on any atom is 0.255 e. The molecule has 1 aromatic rings. The van der Waals surface area contributed by atoms with Gasteiger partial charge in [0.05, 0.1) is 5.56 Å². The van der Waals surface area contributed by atoms with E-state index in [1.54, 1.807) is 0 Å². The third-order valence-corrected chi connectivity index (χ3v) is 4.24. The molecule has 3 nitrogen and oxygen atoms in total. The van der Waals surface area contributed by atoms with E-state index in [1.807, 2.05) is 0 Å². The van der Waals surface area contributed by atoms with Gasteiger partial charge in [-0.05, 0) is 42.9 Å². The van der Waals surface area contributed by atoms with E-state index in [-0.39, 0.29) is 16.7 Å². The fourth-order valence-corrected chi connectivity index (χ4v) is 2.83. The number of benzene rings is 1. The monoisotopic (exact) mass is 265 g/mol. The van der Waals surface area contributed by atoms with E-state index in [2.05, 4.69) is 12.2 Å². The lowest BCUT2D eigenvalue weighted by molar-refractivity contribution is 0.0925. The Hall–Kier alpha value is -1.58. The van der Waals surface area contributed by atoms with Crippen LogP contribution in [0.4, 0.5) is 4.39 Å².